The molecule has 0 aromatic heterocycles. The van der Waals surface area contributed by atoms with Gasteiger partial charge in [0.15, 0.2) is 0 Å². The van der Waals surface area contributed by atoms with Gasteiger partial charge < -0.3 is 11.1 Å². The largest absolute Gasteiger partial charge is 0.368 e. The summed E-state index contributed by atoms with van der Waals surface area (Å²) in [6.07, 6.45) is 0.242. The van der Waals surface area contributed by atoms with Crippen molar-refractivity contribution < 1.29 is 9.59 Å². The molecule has 4 nitrogen and oxygen atoms in total. The third-order valence-electron chi connectivity index (χ3n) is 2.06. The van der Waals surface area contributed by atoms with E-state index in [1.807, 2.05) is 25.1 Å². The van der Waals surface area contributed by atoms with Gasteiger partial charge in [-0.05, 0) is 24.1 Å². The van der Waals surface area contributed by atoms with Crippen LogP contribution in [0.15, 0.2) is 22.7 Å². The standard InChI is InChI=1S/C11H13BrN2O2/c1-7-2-3-8(4-9(7)12)5-11(16)14-6-10(13)15/h2-4H,5-6H2,1H3,(H2,13,15)(H,14,16). The number of hydrogen-bond acceptors (Lipinski definition) is 2. The zero-order chi connectivity index (χ0) is 12.1. The molecule has 0 unspecified atom stereocenters. The fourth-order valence-electron chi connectivity index (χ4n) is 1.18. The number of hydrogen-bond donors (Lipinski definition) is 2. The van der Waals surface area contributed by atoms with Crippen LogP contribution in [-0.4, -0.2) is 18.4 Å². The van der Waals surface area contributed by atoms with Crippen molar-refractivity contribution in [2.45, 2.75) is 13.3 Å². The molecule has 5 heteroatoms. The minimum atomic E-state index is -0.543. The number of carbonyl (C=O) groups is 2. The van der Waals surface area contributed by atoms with E-state index in [9.17, 15) is 9.59 Å². The zero-order valence-corrected chi connectivity index (χ0v) is 10.5. The summed E-state index contributed by atoms with van der Waals surface area (Å²) in [5.41, 5.74) is 6.92. The number of benzene rings is 1. The highest BCUT2D eigenvalue weighted by molar-refractivity contribution is 9.10. The van der Waals surface area contributed by atoms with Gasteiger partial charge in [-0.2, -0.15) is 0 Å². The average molecular weight is 285 g/mol. The Labute approximate surface area is 102 Å². The predicted octanol–water partition coefficient (Wildman–Crippen LogP) is 0.902. The second kappa shape index (κ2) is 5.65. The second-order valence-electron chi connectivity index (χ2n) is 3.50. The Morgan fingerprint density at radius 1 is 1.44 bits per heavy atom. The molecule has 0 bridgehead atoms. The fraction of sp³-hybridized carbons (Fsp3) is 0.273. The molecule has 16 heavy (non-hydrogen) atoms. The third-order valence-corrected chi connectivity index (χ3v) is 2.92. The molecule has 1 aromatic carbocycles. The molecule has 0 saturated heterocycles. The van der Waals surface area contributed by atoms with Crippen LogP contribution >= 0.6 is 15.9 Å². The summed E-state index contributed by atoms with van der Waals surface area (Å²) in [4.78, 5) is 21.8. The van der Waals surface area contributed by atoms with Crippen LogP contribution in [-0.2, 0) is 16.0 Å². The van der Waals surface area contributed by atoms with Crippen molar-refractivity contribution in [3.8, 4) is 0 Å². The summed E-state index contributed by atoms with van der Waals surface area (Å²) >= 11 is 3.39. The molecule has 2 amide bonds. The minimum Gasteiger partial charge on any atom is -0.368 e. The summed E-state index contributed by atoms with van der Waals surface area (Å²) in [7, 11) is 0. The highest BCUT2D eigenvalue weighted by Gasteiger charge is 2.05. The second-order valence-corrected chi connectivity index (χ2v) is 4.36. The molecule has 3 N–H and O–H groups in total. The predicted molar refractivity (Wildman–Crippen MR) is 64.8 cm³/mol. The van der Waals surface area contributed by atoms with Crippen molar-refractivity contribution in [3.63, 3.8) is 0 Å². The number of carbonyl (C=O) groups excluding carboxylic acids is 2. The summed E-state index contributed by atoms with van der Waals surface area (Å²) in [5.74, 6) is -0.756. The molecule has 0 aliphatic heterocycles. The SMILES string of the molecule is Cc1ccc(CC(=O)NCC(N)=O)cc1Br. The first-order valence-corrected chi connectivity index (χ1v) is 5.58. The third kappa shape index (κ3) is 4.02. The maximum absolute atomic E-state index is 11.4. The van der Waals surface area contributed by atoms with E-state index in [0.717, 1.165) is 15.6 Å². The molecule has 1 aromatic rings. The highest BCUT2D eigenvalue weighted by Crippen LogP contribution is 2.17. The van der Waals surface area contributed by atoms with Crippen molar-refractivity contribution in [1.82, 2.24) is 5.32 Å². The summed E-state index contributed by atoms with van der Waals surface area (Å²) in [5, 5.41) is 2.44. The highest BCUT2D eigenvalue weighted by atomic mass is 79.9. The normalized spacial score (nSPS) is 9.88. The molecule has 0 saturated carbocycles. The van der Waals surface area contributed by atoms with Crippen LogP contribution < -0.4 is 11.1 Å². The van der Waals surface area contributed by atoms with E-state index >= 15 is 0 Å². The first kappa shape index (κ1) is 12.7. The molecule has 0 atom stereocenters. The number of rotatable bonds is 4. The Morgan fingerprint density at radius 2 is 2.12 bits per heavy atom. The average Bonchev–Trinajstić information content (AvgIpc) is 2.21. The molecule has 0 spiro atoms. The Hall–Kier alpha value is -1.36. The lowest BCUT2D eigenvalue weighted by Gasteiger charge is -2.05. The fourth-order valence-corrected chi connectivity index (χ4v) is 1.61. The van der Waals surface area contributed by atoms with Gasteiger partial charge in [0, 0.05) is 4.47 Å². The van der Waals surface area contributed by atoms with Gasteiger partial charge in [0.2, 0.25) is 11.8 Å². The van der Waals surface area contributed by atoms with Gasteiger partial charge in [0.25, 0.3) is 0 Å². The van der Waals surface area contributed by atoms with Crippen molar-refractivity contribution in [3.05, 3.63) is 33.8 Å². The summed E-state index contributed by atoms with van der Waals surface area (Å²) in [6.45, 7) is 1.85. The molecule has 1 rings (SSSR count). The topological polar surface area (TPSA) is 72.2 Å². The molecule has 0 aliphatic rings. The summed E-state index contributed by atoms with van der Waals surface area (Å²) in [6, 6.07) is 5.70. The van der Waals surface area contributed by atoms with Crippen LogP contribution in [0.25, 0.3) is 0 Å². The van der Waals surface area contributed by atoms with E-state index in [1.165, 1.54) is 0 Å². The van der Waals surface area contributed by atoms with E-state index in [1.54, 1.807) is 0 Å². The number of halogens is 1. The van der Waals surface area contributed by atoms with Crippen molar-refractivity contribution >= 4 is 27.7 Å². The first-order valence-electron chi connectivity index (χ1n) is 4.79. The minimum absolute atomic E-state index is 0.119. The van der Waals surface area contributed by atoms with E-state index in [4.69, 9.17) is 5.73 Å². The number of nitrogens with one attached hydrogen (secondary N) is 1. The van der Waals surface area contributed by atoms with Gasteiger partial charge in [-0.1, -0.05) is 28.1 Å². The lowest BCUT2D eigenvalue weighted by molar-refractivity contribution is -0.124. The number of primary amides is 1. The molecular weight excluding hydrogens is 272 g/mol. The van der Waals surface area contributed by atoms with E-state index < -0.39 is 5.91 Å². The van der Waals surface area contributed by atoms with Crippen molar-refractivity contribution in [2.75, 3.05) is 6.54 Å². The van der Waals surface area contributed by atoms with E-state index in [0.29, 0.717) is 0 Å². The number of amides is 2. The molecule has 0 heterocycles. The van der Waals surface area contributed by atoms with E-state index in [-0.39, 0.29) is 18.9 Å². The Bertz CT molecular complexity index is 418. The van der Waals surface area contributed by atoms with Gasteiger partial charge in [-0.25, -0.2) is 0 Å². The Kier molecular flexibility index (Phi) is 4.49. The lowest BCUT2D eigenvalue weighted by Crippen LogP contribution is -2.34. The van der Waals surface area contributed by atoms with Gasteiger partial charge in [0.05, 0.1) is 13.0 Å². The van der Waals surface area contributed by atoms with Crippen LogP contribution in [0, 0.1) is 6.92 Å². The van der Waals surface area contributed by atoms with Gasteiger partial charge in [-0.15, -0.1) is 0 Å². The van der Waals surface area contributed by atoms with Crippen molar-refractivity contribution in [1.29, 1.82) is 0 Å². The van der Waals surface area contributed by atoms with Gasteiger partial charge >= 0.3 is 0 Å². The Morgan fingerprint density at radius 3 is 2.69 bits per heavy atom. The Balaban J connectivity index is 2.56. The summed E-state index contributed by atoms with van der Waals surface area (Å²) < 4.78 is 0.965. The number of nitrogens with two attached hydrogens (primary N) is 1. The smallest absolute Gasteiger partial charge is 0.236 e. The van der Waals surface area contributed by atoms with Crippen LogP contribution in [0.4, 0.5) is 0 Å². The molecular formula is C11H13BrN2O2. The quantitative estimate of drug-likeness (QED) is 0.862. The van der Waals surface area contributed by atoms with Crippen molar-refractivity contribution in [2.24, 2.45) is 5.73 Å². The maximum atomic E-state index is 11.4. The van der Waals surface area contributed by atoms with Crippen LogP contribution in [0.5, 0.6) is 0 Å². The first-order chi connectivity index (χ1) is 7.49. The van der Waals surface area contributed by atoms with Crippen LogP contribution in [0.2, 0.25) is 0 Å². The zero-order valence-electron chi connectivity index (χ0n) is 8.92. The van der Waals surface area contributed by atoms with E-state index in [2.05, 4.69) is 21.2 Å². The maximum Gasteiger partial charge on any atom is 0.236 e. The molecule has 0 fully saturated rings. The van der Waals surface area contributed by atoms with Crippen LogP contribution in [0.3, 0.4) is 0 Å². The van der Waals surface area contributed by atoms with Gasteiger partial charge in [0.1, 0.15) is 0 Å². The molecule has 0 aliphatic carbocycles. The molecule has 0 radical (unpaired) electrons. The lowest BCUT2D eigenvalue weighted by atomic mass is 10.1. The monoisotopic (exact) mass is 284 g/mol. The van der Waals surface area contributed by atoms with Gasteiger partial charge in [-0.3, -0.25) is 9.59 Å². The number of aryl methyl sites for hydroxylation is 1. The molecule has 86 valence electrons. The van der Waals surface area contributed by atoms with Crippen LogP contribution in [0.1, 0.15) is 11.1 Å².